The van der Waals surface area contributed by atoms with Crippen LogP contribution < -0.4 is 5.14 Å². The molecule has 1 rings (SSSR count). The van der Waals surface area contributed by atoms with Gasteiger partial charge in [-0.25, -0.2) is 13.6 Å². The molecule has 0 aromatic carbocycles. The molecule has 0 spiro atoms. The molecular formula is C4H6ClNO2S2. The van der Waals surface area contributed by atoms with E-state index in [0.29, 0.717) is 0 Å². The number of hydrogen-bond acceptors (Lipinski definition) is 3. The molecule has 1 aliphatic rings. The monoisotopic (exact) mass is 199 g/mol. The maximum absolute atomic E-state index is 10.6. The fourth-order valence-electron chi connectivity index (χ4n) is 0.584. The molecule has 58 valence electrons. The van der Waals surface area contributed by atoms with Crippen LogP contribution in [0.1, 0.15) is 0 Å². The lowest BCUT2D eigenvalue weighted by molar-refractivity contribution is 0.599. The fraction of sp³-hybridized carbons (Fsp3) is 0.500. The Bertz CT molecular complexity index is 248. The number of sulfonamides is 1. The van der Waals surface area contributed by atoms with E-state index in [1.54, 1.807) is 6.08 Å². The van der Waals surface area contributed by atoms with E-state index in [4.69, 9.17) is 16.7 Å². The zero-order valence-electron chi connectivity index (χ0n) is 4.90. The summed E-state index contributed by atoms with van der Waals surface area (Å²) in [4.78, 5) is 0. The largest absolute Gasteiger partial charge is 0.227 e. The second kappa shape index (κ2) is 2.73. The minimum absolute atomic E-state index is 0.261. The van der Waals surface area contributed by atoms with Crippen molar-refractivity contribution in [2.45, 2.75) is 9.29 Å². The van der Waals surface area contributed by atoms with Gasteiger partial charge in [0, 0.05) is 0 Å². The third kappa shape index (κ3) is 1.88. The van der Waals surface area contributed by atoms with E-state index in [9.17, 15) is 8.42 Å². The summed E-state index contributed by atoms with van der Waals surface area (Å²) in [6.07, 6.45) is 3.11. The van der Waals surface area contributed by atoms with E-state index in [0.717, 1.165) is 11.8 Å². The predicted molar refractivity (Wildman–Crippen MR) is 43.3 cm³/mol. The molecule has 2 N–H and O–H groups in total. The normalized spacial score (nSPS) is 33.0. The van der Waals surface area contributed by atoms with Gasteiger partial charge in [0.15, 0.2) is 0 Å². The molecule has 3 nitrogen and oxygen atoms in total. The van der Waals surface area contributed by atoms with Crippen molar-refractivity contribution in [2.75, 3.05) is 0 Å². The highest BCUT2D eigenvalue weighted by Crippen LogP contribution is 2.31. The van der Waals surface area contributed by atoms with E-state index in [-0.39, 0.29) is 4.71 Å². The molecule has 1 aliphatic heterocycles. The van der Waals surface area contributed by atoms with Gasteiger partial charge in [0.25, 0.3) is 0 Å². The molecule has 6 heteroatoms. The molecule has 1 heterocycles. The second-order valence-corrected chi connectivity index (χ2v) is 5.83. The van der Waals surface area contributed by atoms with Crippen molar-refractivity contribution in [3.8, 4) is 0 Å². The lowest BCUT2D eigenvalue weighted by Crippen LogP contribution is -2.22. The molecule has 0 aromatic heterocycles. The Morgan fingerprint density at radius 1 is 1.50 bits per heavy atom. The first-order valence-corrected chi connectivity index (χ1v) is 5.48. The fourth-order valence-corrected chi connectivity index (χ4v) is 3.09. The Hall–Kier alpha value is 0.290. The van der Waals surface area contributed by atoms with Gasteiger partial charge in [0.2, 0.25) is 10.0 Å². The SMILES string of the molecule is NS(=O)(=O)C1C=CC(Cl)S1. The van der Waals surface area contributed by atoms with Gasteiger partial charge in [-0.1, -0.05) is 12.2 Å². The Morgan fingerprint density at radius 3 is 2.30 bits per heavy atom. The third-order valence-corrected chi connectivity index (χ3v) is 4.25. The van der Waals surface area contributed by atoms with Gasteiger partial charge >= 0.3 is 0 Å². The van der Waals surface area contributed by atoms with Gasteiger partial charge in [-0.15, -0.1) is 23.4 Å². The van der Waals surface area contributed by atoms with Crippen LogP contribution in [0.4, 0.5) is 0 Å². The van der Waals surface area contributed by atoms with Crippen molar-refractivity contribution in [3.05, 3.63) is 12.2 Å². The van der Waals surface area contributed by atoms with Crippen LogP contribution in [0.5, 0.6) is 0 Å². The van der Waals surface area contributed by atoms with Crippen LogP contribution in [0, 0.1) is 0 Å². The molecule has 10 heavy (non-hydrogen) atoms. The Balaban J connectivity index is 2.73. The molecule has 0 fully saturated rings. The van der Waals surface area contributed by atoms with Crippen LogP contribution >= 0.6 is 23.4 Å². The molecule has 0 radical (unpaired) electrons. The zero-order valence-corrected chi connectivity index (χ0v) is 7.29. The zero-order chi connectivity index (χ0) is 7.78. The smallest absolute Gasteiger partial charge is 0.225 e. The number of hydrogen-bond donors (Lipinski definition) is 1. The van der Waals surface area contributed by atoms with Crippen molar-refractivity contribution in [2.24, 2.45) is 5.14 Å². The average Bonchev–Trinajstić information content (AvgIpc) is 2.11. The van der Waals surface area contributed by atoms with E-state index in [1.807, 2.05) is 0 Å². The van der Waals surface area contributed by atoms with Crippen molar-refractivity contribution >= 4 is 33.4 Å². The van der Waals surface area contributed by atoms with E-state index < -0.39 is 14.6 Å². The molecule has 0 saturated carbocycles. The average molecular weight is 200 g/mol. The number of rotatable bonds is 1. The highest BCUT2D eigenvalue weighted by molar-refractivity contribution is 8.14. The maximum Gasteiger partial charge on any atom is 0.225 e. The Labute approximate surface area is 68.7 Å². The van der Waals surface area contributed by atoms with Crippen LogP contribution in [0.15, 0.2) is 12.2 Å². The number of nitrogens with two attached hydrogens (primary N) is 1. The van der Waals surface area contributed by atoms with E-state index >= 15 is 0 Å². The summed E-state index contributed by atoms with van der Waals surface area (Å²) in [6.45, 7) is 0. The molecule has 0 amide bonds. The summed E-state index contributed by atoms with van der Waals surface area (Å²) < 4.78 is 20.3. The summed E-state index contributed by atoms with van der Waals surface area (Å²) in [5.74, 6) is 0. The van der Waals surface area contributed by atoms with E-state index in [2.05, 4.69) is 0 Å². The second-order valence-electron chi connectivity index (χ2n) is 1.83. The molecule has 0 saturated heterocycles. The van der Waals surface area contributed by atoms with Gasteiger partial charge in [-0.2, -0.15) is 0 Å². The summed E-state index contributed by atoms with van der Waals surface area (Å²) in [6, 6.07) is 0. The number of alkyl halides is 1. The third-order valence-electron chi connectivity index (χ3n) is 1.01. The first-order chi connectivity index (χ1) is 4.50. The minimum Gasteiger partial charge on any atom is -0.227 e. The summed E-state index contributed by atoms with van der Waals surface area (Å²) in [5, 5.41) is 4.84. The quantitative estimate of drug-likeness (QED) is 0.493. The van der Waals surface area contributed by atoms with Gasteiger partial charge in [0.05, 0.1) is 4.71 Å². The van der Waals surface area contributed by atoms with Crippen molar-refractivity contribution in [1.29, 1.82) is 0 Å². The van der Waals surface area contributed by atoms with Crippen LogP contribution in [-0.2, 0) is 10.0 Å². The first kappa shape index (κ1) is 8.39. The highest BCUT2D eigenvalue weighted by Gasteiger charge is 2.26. The number of halogens is 1. The number of thioether (sulfide) groups is 1. The summed E-state index contributed by atoms with van der Waals surface area (Å²) in [5.41, 5.74) is 0. The van der Waals surface area contributed by atoms with Gasteiger partial charge < -0.3 is 0 Å². The minimum atomic E-state index is -3.44. The van der Waals surface area contributed by atoms with Crippen molar-refractivity contribution < 1.29 is 8.42 Å². The molecular weight excluding hydrogens is 194 g/mol. The van der Waals surface area contributed by atoms with Gasteiger partial charge in [0.1, 0.15) is 4.58 Å². The molecule has 0 aromatic rings. The Morgan fingerprint density at radius 2 is 2.10 bits per heavy atom. The van der Waals surface area contributed by atoms with Crippen molar-refractivity contribution in [1.82, 2.24) is 0 Å². The molecule has 2 atom stereocenters. The lowest BCUT2D eigenvalue weighted by Gasteiger charge is -2.03. The maximum atomic E-state index is 10.6. The van der Waals surface area contributed by atoms with Crippen LogP contribution in [0.2, 0.25) is 0 Å². The molecule has 0 bridgehead atoms. The number of primary sulfonamides is 1. The van der Waals surface area contributed by atoms with Crippen molar-refractivity contribution in [3.63, 3.8) is 0 Å². The van der Waals surface area contributed by atoms with Crippen LogP contribution in [-0.4, -0.2) is 17.7 Å². The predicted octanol–water partition coefficient (Wildman–Crippen LogP) is 0.469. The highest BCUT2D eigenvalue weighted by atomic mass is 35.5. The van der Waals surface area contributed by atoms with Gasteiger partial charge in [-0.3, -0.25) is 0 Å². The summed E-state index contributed by atoms with van der Waals surface area (Å²) in [7, 11) is -3.44. The first-order valence-electron chi connectivity index (χ1n) is 2.49. The standard InChI is InChI=1S/C4H6ClNO2S2/c5-3-1-2-4(9-3)10(6,7)8/h1-4H,(H2,6,7,8). The van der Waals surface area contributed by atoms with E-state index in [1.165, 1.54) is 6.08 Å². The van der Waals surface area contributed by atoms with Crippen LogP contribution in [0.3, 0.4) is 0 Å². The molecule has 2 unspecified atom stereocenters. The lowest BCUT2D eigenvalue weighted by atomic mass is 10.6. The topological polar surface area (TPSA) is 60.2 Å². The molecule has 0 aliphatic carbocycles. The van der Waals surface area contributed by atoms with Gasteiger partial charge in [-0.05, 0) is 0 Å². The summed E-state index contributed by atoms with van der Waals surface area (Å²) >= 11 is 6.68. The Kier molecular flexibility index (Phi) is 2.29. The van der Waals surface area contributed by atoms with Crippen LogP contribution in [0.25, 0.3) is 0 Å².